The molecule has 4 heterocycles. The van der Waals surface area contributed by atoms with Gasteiger partial charge in [-0.15, -0.1) is 0 Å². The molecule has 1 aliphatic rings. The zero-order valence-corrected chi connectivity index (χ0v) is 14.2. The Balaban J connectivity index is 1.63. The molecule has 2 N–H and O–H groups in total. The zero-order valence-electron chi connectivity index (χ0n) is 14.2. The number of nitrogens with one attached hydrogen (secondary N) is 2. The van der Waals surface area contributed by atoms with E-state index in [2.05, 4.69) is 15.3 Å². The summed E-state index contributed by atoms with van der Waals surface area (Å²) in [6, 6.07) is 3.25. The van der Waals surface area contributed by atoms with Gasteiger partial charge in [-0.3, -0.25) is 19.8 Å². The van der Waals surface area contributed by atoms with Crippen LogP contribution in [0.5, 0.6) is 0 Å². The van der Waals surface area contributed by atoms with Gasteiger partial charge in [0, 0.05) is 42.5 Å². The first-order valence-corrected chi connectivity index (χ1v) is 8.48. The Hall–Kier alpha value is -2.90. The van der Waals surface area contributed by atoms with Crippen molar-refractivity contribution in [3.63, 3.8) is 0 Å². The summed E-state index contributed by atoms with van der Waals surface area (Å²) in [4.78, 5) is 31.4. The summed E-state index contributed by atoms with van der Waals surface area (Å²) >= 11 is 0. The number of carbonyl (C=O) groups excluding carboxylic acids is 1. The molecule has 1 amide bonds. The highest BCUT2D eigenvalue weighted by Crippen LogP contribution is 2.27. The lowest BCUT2D eigenvalue weighted by Gasteiger charge is -2.15. The minimum Gasteiger partial charge on any atom is -0.337 e. The van der Waals surface area contributed by atoms with E-state index in [4.69, 9.17) is 4.98 Å². The van der Waals surface area contributed by atoms with Gasteiger partial charge in [-0.1, -0.05) is 6.92 Å². The minimum atomic E-state index is -0.110. The van der Waals surface area contributed by atoms with Crippen LogP contribution in [0.2, 0.25) is 0 Å². The molecule has 0 bridgehead atoms. The van der Waals surface area contributed by atoms with Crippen molar-refractivity contribution in [2.75, 3.05) is 13.1 Å². The predicted molar refractivity (Wildman–Crippen MR) is 91.8 cm³/mol. The lowest BCUT2D eigenvalue weighted by molar-refractivity contribution is 0.0785. The molecule has 1 aliphatic heterocycles. The highest BCUT2D eigenvalue weighted by molar-refractivity contribution is 5.92. The fourth-order valence-corrected chi connectivity index (χ4v) is 3.50. The second-order valence-corrected chi connectivity index (χ2v) is 6.45. The first-order valence-electron chi connectivity index (χ1n) is 8.48. The standard InChI is InChI=1S/C17H20N6O2/c1-3-12-10(2)16-19-14(8-15(24)23(16)21-12)11-5-7-22(9-11)17(25)13-4-6-18-20-13/h4,6,8,11,21H,3,5,7,9H2,1-2H3,(H,18,20). The van der Waals surface area contributed by atoms with Gasteiger partial charge in [0.05, 0.1) is 5.69 Å². The monoisotopic (exact) mass is 340 g/mol. The topological polar surface area (TPSA) is 99.1 Å². The first kappa shape index (κ1) is 15.6. The normalized spacial score (nSPS) is 17.5. The second-order valence-electron chi connectivity index (χ2n) is 6.45. The van der Waals surface area contributed by atoms with Gasteiger partial charge in [-0.05, 0) is 25.8 Å². The Kier molecular flexibility index (Phi) is 3.67. The van der Waals surface area contributed by atoms with Crippen molar-refractivity contribution in [2.24, 2.45) is 0 Å². The molecule has 1 atom stereocenters. The van der Waals surface area contributed by atoms with Crippen LogP contribution in [-0.2, 0) is 6.42 Å². The first-order chi connectivity index (χ1) is 12.1. The van der Waals surface area contributed by atoms with Gasteiger partial charge in [0.15, 0.2) is 5.65 Å². The van der Waals surface area contributed by atoms with Crippen LogP contribution in [0.4, 0.5) is 0 Å². The molecule has 4 rings (SSSR count). The molecule has 0 saturated carbocycles. The minimum absolute atomic E-state index is 0.0658. The van der Waals surface area contributed by atoms with Crippen molar-refractivity contribution in [1.82, 2.24) is 29.7 Å². The third kappa shape index (κ3) is 2.54. The van der Waals surface area contributed by atoms with Crippen LogP contribution < -0.4 is 5.56 Å². The van der Waals surface area contributed by atoms with E-state index in [1.165, 1.54) is 4.52 Å². The number of hydrogen-bond donors (Lipinski definition) is 2. The lowest BCUT2D eigenvalue weighted by atomic mass is 10.0. The Bertz CT molecular complexity index is 985. The van der Waals surface area contributed by atoms with Gasteiger partial charge in [-0.25, -0.2) is 9.50 Å². The number of carbonyl (C=O) groups is 1. The van der Waals surface area contributed by atoms with Crippen LogP contribution in [-0.4, -0.2) is 48.7 Å². The Labute approximate surface area is 143 Å². The van der Waals surface area contributed by atoms with Gasteiger partial charge < -0.3 is 4.90 Å². The van der Waals surface area contributed by atoms with Crippen molar-refractivity contribution in [2.45, 2.75) is 32.6 Å². The number of fused-ring (bicyclic) bond motifs is 1. The average Bonchev–Trinajstić information content (AvgIpc) is 3.35. The fraction of sp³-hybridized carbons (Fsp3) is 0.412. The van der Waals surface area contributed by atoms with Crippen LogP contribution >= 0.6 is 0 Å². The van der Waals surface area contributed by atoms with E-state index in [9.17, 15) is 9.59 Å². The number of aromatic amines is 2. The second kappa shape index (κ2) is 5.87. The van der Waals surface area contributed by atoms with E-state index < -0.39 is 0 Å². The van der Waals surface area contributed by atoms with Crippen molar-refractivity contribution in [3.05, 3.63) is 51.3 Å². The maximum Gasteiger partial charge on any atom is 0.272 e. The summed E-state index contributed by atoms with van der Waals surface area (Å²) in [6.07, 6.45) is 3.18. The molecule has 1 saturated heterocycles. The average molecular weight is 340 g/mol. The molecule has 130 valence electrons. The summed E-state index contributed by atoms with van der Waals surface area (Å²) in [5, 5.41) is 9.64. The number of aromatic nitrogens is 5. The van der Waals surface area contributed by atoms with Gasteiger partial charge in [-0.2, -0.15) is 5.10 Å². The van der Waals surface area contributed by atoms with Crippen molar-refractivity contribution in [3.8, 4) is 0 Å². The number of aryl methyl sites for hydroxylation is 2. The fourth-order valence-electron chi connectivity index (χ4n) is 3.50. The third-order valence-electron chi connectivity index (χ3n) is 4.95. The smallest absolute Gasteiger partial charge is 0.272 e. The van der Waals surface area contributed by atoms with E-state index in [1.807, 2.05) is 13.8 Å². The molecular formula is C17H20N6O2. The maximum atomic E-state index is 12.4. The number of likely N-dealkylation sites (tertiary alicyclic amines) is 1. The molecule has 8 heteroatoms. The quantitative estimate of drug-likeness (QED) is 0.749. The van der Waals surface area contributed by atoms with Crippen LogP contribution in [0.15, 0.2) is 23.1 Å². The van der Waals surface area contributed by atoms with E-state index in [1.54, 1.807) is 23.2 Å². The number of amides is 1. The lowest BCUT2D eigenvalue weighted by Crippen LogP contribution is -2.29. The molecule has 25 heavy (non-hydrogen) atoms. The van der Waals surface area contributed by atoms with Gasteiger partial charge >= 0.3 is 0 Å². The van der Waals surface area contributed by atoms with Crippen LogP contribution in [0.3, 0.4) is 0 Å². The van der Waals surface area contributed by atoms with Crippen molar-refractivity contribution >= 4 is 11.6 Å². The zero-order chi connectivity index (χ0) is 17.6. The number of H-pyrrole nitrogens is 2. The predicted octanol–water partition coefficient (Wildman–Crippen LogP) is 1.25. The van der Waals surface area contributed by atoms with E-state index in [0.717, 1.165) is 29.8 Å². The SMILES string of the molecule is CCc1[nH]n2c(=O)cc(C3CCN(C(=O)c4ccn[nH]4)C3)nc2c1C. The van der Waals surface area contributed by atoms with Gasteiger partial charge in [0.1, 0.15) is 5.69 Å². The van der Waals surface area contributed by atoms with Crippen LogP contribution in [0.1, 0.15) is 46.7 Å². The number of nitrogens with zero attached hydrogens (tertiary/aromatic N) is 4. The third-order valence-corrected chi connectivity index (χ3v) is 4.95. The summed E-state index contributed by atoms with van der Waals surface area (Å²) in [7, 11) is 0. The van der Waals surface area contributed by atoms with Crippen molar-refractivity contribution in [1.29, 1.82) is 0 Å². The van der Waals surface area contributed by atoms with E-state index in [0.29, 0.717) is 24.4 Å². The maximum absolute atomic E-state index is 12.4. The van der Waals surface area contributed by atoms with Gasteiger partial charge in [0.2, 0.25) is 0 Å². The molecule has 3 aromatic heterocycles. The molecule has 3 aromatic rings. The molecule has 0 aromatic carbocycles. The Morgan fingerprint density at radius 1 is 1.44 bits per heavy atom. The largest absolute Gasteiger partial charge is 0.337 e. The van der Waals surface area contributed by atoms with Crippen LogP contribution in [0.25, 0.3) is 5.65 Å². The molecule has 0 spiro atoms. The summed E-state index contributed by atoms with van der Waals surface area (Å²) < 4.78 is 1.50. The molecule has 1 fully saturated rings. The Morgan fingerprint density at radius 2 is 2.28 bits per heavy atom. The highest BCUT2D eigenvalue weighted by atomic mass is 16.2. The van der Waals surface area contributed by atoms with Gasteiger partial charge in [0.25, 0.3) is 11.5 Å². The summed E-state index contributed by atoms with van der Waals surface area (Å²) in [6.45, 7) is 5.23. The molecule has 1 unspecified atom stereocenters. The number of rotatable bonds is 3. The van der Waals surface area contributed by atoms with Crippen LogP contribution in [0, 0.1) is 6.92 Å². The molecule has 8 nitrogen and oxygen atoms in total. The highest BCUT2D eigenvalue weighted by Gasteiger charge is 2.30. The van der Waals surface area contributed by atoms with E-state index >= 15 is 0 Å². The molecule has 0 aliphatic carbocycles. The van der Waals surface area contributed by atoms with Crippen molar-refractivity contribution < 1.29 is 4.79 Å². The Morgan fingerprint density at radius 3 is 3.00 bits per heavy atom. The molecule has 0 radical (unpaired) electrons. The summed E-state index contributed by atoms with van der Waals surface area (Å²) in [5.74, 6) is 0.00726. The molecular weight excluding hydrogens is 320 g/mol. The van der Waals surface area contributed by atoms with E-state index in [-0.39, 0.29) is 17.4 Å². The summed E-state index contributed by atoms with van der Waals surface area (Å²) in [5.41, 5.74) is 3.83. The number of hydrogen-bond acceptors (Lipinski definition) is 4.